The van der Waals surface area contributed by atoms with Crippen LogP contribution in [-0.4, -0.2) is 85.7 Å². The van der Waals surface area contributed by atoms with E-state index in [2.05, 4.69) is 38.5 Å². The van der Waals surface area contributed by atoms with Gasteiger partial charge in [-0.1, -0.05) is 0 Å². The van der Waals surface area contributed by atoms with Gasteiger partial charge in [0.15, 0.2) is 0 Å². The number of aromatic amines is 1. The summed E-state index contributed by atoms with van der Waals surface area (Å²) in [6.07, 6.45) is 1.16. The Morgan fingerprint density at radius 2 is 1.55 bits per heavy atom. The van der Waals surface area contributed by atoms with Crippen molar-refractivity contribution in [2.45, 2.75) is 43.4 Å². The number of amides is 4. The SMILES string of the molecule is NC(=O)CC(NC(=O)C(Cc1cnc[nH]1)NC(=O)C(N)CC(=O)O)C(=O)NC(CS)C(=O)O. The maximum absolute atomic E-state index is 12.9. The van der Waals surface area contributed by atoms with E-state index in [1.165, 1.54) is 12.5 Å². The number of primary amides is 1. The predicted octanol–water partition coefficient (Wildman–Crippen LogP) is -3.90. The van der Waals surface area contributed by atoms with Crippen LogP contribution in [0.1, 0.15) is 18.5 Å². The largest absolute Gasteiger partial charge is 0.481 e. The molecule has 0 bridgehead atoms. The van der Waals surface area contributed by atoms with Crippen LogP contribution >= 0.6 is 12.6 Å². The Labute approximate surface area is 192 Å². The van der Waals surface area contributed by atoms with E-state index >= 15 is 0 Å². The summed E-state index contributed by atoms with van der Waals surface area (Å²) in [5.41, 5.74) is 11.0. The van der Waals surface area contributed by atoms with Crippen LogP contribution in [-0.2, 0) is 35.2 Å². The van der Waals surface area contributed by atoms with E-state index in [1.807, 2.05) is 0 Å². The highest BCUT2D eigenvalue weighted by Gasteiger charge is 2.31. The fourth-order valence-electron chi connectivity index (χ4n) is 2.53. The Morgan fingerprint density at radius 3 is 2.03 bits per heavy atom. The van der Waals surface area contributed by atoms with E-state index in [-0.39, 0.29) is 12.2 Å². The molecule has 1 aromatic heterocycles. The number of rotatable bonds is 14. The highest BCUT2D eigenvalue weighted by molar-refractivity contribution is 7.80. The van der Waals surface area contributed by atoms with Gasteiger partial charge in [-0.3, -0.25) is 24.0 Å². The van der Waals surface area contributed by atoms with Crippen LogP contribution in [0.5, 0.6) is 0 Å². The molecular weight excluding hydrogens is 462 g/mol. The summed E-state index contributed by atoms with van der Waals surface area (Å²) in [5.74, 6) is -6.86. The van der Waals surface area contributed by atoms with E-state index in [0.29, 0.717) is 5.69 Å². The molecule has 33 heavy (non-hydrogen) atoms. The van der Waals surface area contributed by atoms with Gasteiger partial charge in [0.1, 0.15) is 18.1 Å². The number of carbonyl (C=O) groups is 6. The van der Waals surface area contributed by atoms with Gasteiger partial charge in [0.2, 0.25) is 23.6 Å². The molecule has 1 heterocycles. The van der Waals surface area contributed by atoms with E-state index in [0.717, 1.165) is 0 Å². The Bertz CT molecular complexity index is 879. The van der Waals surface area contributed by atoms with E-state index in [4.69, 9.17) is 21.7 Å². The monoisotopic (exact) mass is 487 g/mol. The Balaban J connectivity index is 3.04. The van der Waals surface area contributed by atoms with Crippen LogP contribution in [0.15, 0.2) is 12.5 Å². The fourth-order valence-corrected chi connectivity index (χ4v) is 2.77. The van der Waals surface area contributed by atoms with Crippen molar-refractivity contribution in [3.8, 4) is 0 Å². The molecule has 4 unspecified atom stereocenters. The molecule has 1 aromatic rings. The number of aromatic nitrogens is 2. The molecule has 0 radical (unpaired) electrons. The van der Waals surface area contributed by atoms with Gasteiger partial charge in [0.05, 0.1) is 25.2 Å². The molecule has 1 rings (SSSR count). The van der Waals surface area contributed by atoms with Gasteiger partial charge in [0, 0.05) is 24.1 Å². The molecule has 182 valence electrons. The summed E-state index contributed by atoms with van der Waals surface area (Å²) >= 11 is 3.81. The molecule has 0 aliphatic carbocycles. The first-order chi connectivity index (χ1) is 15.4. The lowest BCUT2D eigenvalue weighted by Gasteiger charge is -2.24. The third kappa shape index (κ3) is 9.56. The highest BCUT2D eigenvalue weighted by Crippen LogP contribution is 2.03. The zero-order valence-electron chi connectivity index (χ0n) is 17.2. The minimum Gasteiger partial charge on any atom is -0.481 e. The molecule has 0 aliphatic rings. The summed E-state index contributed by atoms with van der Waals surface area (Å²) in [4.78, 5) is 77.4. The van der Waals surface area contributed by atoms with E-state index < -0.39 is 72.6 Å². The van der Waals surface area contributed by atoms with Crippen LogP contribution in [0.2, 0.25) is 0 Å². The Kier molecular flexibility index (Phi) is 10.8. The number of imidazole rings is 1. The minimum absolute atomic E-state index is 0.156. The zero-order valence-corrected chi connectivity index (χ0v) is 18.1. The van der Waals surface area contributed by atoms with Gasteiger partial charge in [-0.2, -0.15) is 12.6 Å². The van der Waals surface area contributed by atoms with Crippen LogP contribution in [0.25, 0.3) is 0 Å². The lowest BCUT2D eigenvalue weighted by atomic mass is 10.1. The molecule has 0 saturated heterocycles. The van der Waals surface area contributed by atoms with Gasteiger partial charge in [-0.25, -0.2) is 9.78 Å². The summed E-state index contributed by atoms with van der Waals surface area (Å²) in [5, 5.41) is 24.5. The first-order valence-corrected chi connectivity index (χ1v) is 10.1. The lowest BCUT2D eigenvalue weighted by molar-refractivity contribution is -0.141. The number of carboxylic acid groups (broad SMARTS) is 2. The van der Waals surface area contributed by atoms with E-state index in [1.54, 1.807) is 0 Å². The molecule has 0 aromatic carbocycles. The van der Waals surface area contributed by atoms with Gasteiger partial charge < -0.3 is 42.6 Å². The summed E-state index contributed by atoms with van der Waals surface area (Å²) in [6, 6.07) is -5.79. The number of nitrogens with two attached hydrogens (primary N) is 2. The van der Waals surface area contributed by atoms with Crippen molar-refractivity contribution in [3.05, 3.63) is 18.2 Å². The number of aliphatic carboxylic acids is 2. The van der Waals surface area contributed by atoms with Gasteiger partial charge in [-0.15, -0.1) is 0 Å². The Morgan fingerprint density at radius 1 is 0.970 bits per heavy atom. The maximum atomic E-state index is 12.9. The third-order valence-corrected chi connectivity index (χ3v) is 4.54. The predicted molar refractivity (Wildman–Crippen MR) is 114 cm³/mol. The molecule has 4 atom stereocenters. The quantitative estimate of drug-likeness (QED) is 0.115. The lowest BCUT2D eigenvalue weighted by Crippen LogP contribution is -2.58. The number of hydrogen-bond acceptors (Lipinski definition) is 9. The molecular formula is C17H25N7O8S. The van der Waals surface area contributed by atoms with Crippen molar-refractivity contribution in [1.29, 1.82) is 0 Å². The number of H-pyrrole nitrogens is 1. The topological polar surface area (TPSA) is 260 Å². The second-order valence-electron chi connectivity index (χ2n) is 6.86. The summed E-state index contributed by atoms with van der Waals surface area (Å²) in [7, 11) is 0. The first kappa shape index (κ1) is 27.4. The second kappa shape index (κ2) is 13.0. The van der Waals surface area contributed by atoms with Crippen molar-refractivity contribution >= 4 is 48.2 Å². The van der Waals surface area contributed by atoms with Crippen molar-refractivity contribution in [2.24, 2.45) is 11.5 Å². The van der Waals surface area contributed by atoms with E-state index in [9.17, 15) is 28.8 Å². The fraction of sp³-hybridized carbons (Fsp3) is 0.471. The molecule has 4 amide bonds. The Hall–Kier alpha value is -3.66. The molecule has 0 aliphatic heterocycles. The van der Waals surface area contributed by atoms with Crippen molar-refractivity contribution in [3.63, 3.8) is 0 Å². The van der Waals surface area contributed by atoms with Crippen LogP contribution < -0.4 is 27.4 Å². The van der Waals surface area contributed by atoms with Crippen molar-refractivity contribution in [1.82, 2.24) is 25.9 Å². The molecule has 0 spiro atoms. The third-order valence-electron chi connectivity index (χ3n) is 4.18. The summed E-state index contributed by atoms with van der Waals surface area (Å²) in [6.45, 7) is 0. The standard InChI is InChI=1S/C17H25N7O8S/c18-8(2-13(26)27)14(28)22-9(1-7-4-20-6-21-7)15(29)23-10(3-12(19)25)16(30)24-11(5-33)17(31)32/h4,6,8-11,33H,1-3,5,18H2,(H2,19,25)(H,20,21)(H,22,28)(H,23,29)(H,24,30)(H,26,27)(H,31,32). The molecule has 10 N–H and O–H groups in total. The first-order valence-electron chi connectivity index (χ1n) is 9.42. The number of nitrogens with one attached hydrogen (secondary N) is 4. The number of nitrogens with zero attached hydrogens (tertiary/aromatic N) is 1. The summed E-state index contributed by atoms with van der Waals surface area (Å²) < 4.78 is 0. The highest BCUT2D eigenvalue weighted by atomic mass is 32.1. The number of hydrogen-bond donors (Lipinski definition) is 9. The van der Waals surface area contributed by atoms with Crippen LogP contribution in [0, 0.1) is 0 Å². The van der Waals surface area contributed by atoms with Crippen molar-refractivity contribution in [2.75, 3.05) is 5.75 Å². The minimum atomic E-state index is -1.56. The van der Waals surface area contributed by atoms with Crippen LogP contribution in [0.3, 0.4) is 0 Å². The molecule has 0 fully saturated rings. The zero-order chi connectivity index (χ0) is 25.1. The average molecular weight is 487 g/mol. The second-order valence-corrected chi connectivity index (χ2v) is 7.23. The smallest absolute Gasteiger partial charge is 0.327 e. The normalized spacial score (nSPS) is 14.2. The molecule has 15 nitrogen and oxygen atoms in total. The van der Waals surface area contributed by atoms with Gasteiger partial charge in [-0.05, 0) is 0 Å². The van der Waals surface area contributed by atoms with Crippen LogP contribution in [0.4, 0.5) is 0 Å². The van der Waals surface area contributed by atoms with Crippen molar-refractivity contribution < 1.29 is 39.0 Å². The van der Waals surface area contributed by atoms with Gasteiger partial charge >= 0.3 is 11.9 Å². The maximum Gasteiger partial charge on any atom is 0.327 e. The number of carboxylic acids is 2. The average Bonchev–Trinajstić information content (AvgIpc) is 3.22. The molecule has 0 saturated carbocycles. The number of carbonyl (C=O) groups excluding carboxylic acids is 4. The molecule has 16 heteroatoms. The number of thiol groups is 1. The van der Waals surface area contributed by atoms with Gasteiger partial charge in [0.25, 0.3) is 0 Å².